The van der Waals surface area contributed by atoms with Gasteiger partial charge in [-0.15, -0.1) is 5.10 Å². The zero-order valence-electron chi connectivity index (χ0n) is 16.6. The smallest absolute Gasteiger partial charge is 0.408 e. The lowest BCUT2D eigenvalue weighted by atomic mass is 10.2. The number of para-hydroxylation sites is 2. The van der Waals surface area contributed by atoms with Gasteiger partial charge >= 0.3 is 6.18 Å². The molecule has 0 aliphatic carbocycles. The molecule has 0 atom stereocenters. The molecule has 0 saturated carbocycles. The molecule has 1 aromatic carbocycles. The fourth-order valence-electron chi connectivity index (χ4n) is 2.55. The summed E-state index contributed by atoms with van der Waals surface area (Å²) in [5.74, 6) is -1.50. The molecule has 2 aromatic heterocycles. The zero-order valence-corrected chi connectivity index (χ0v) is 17.4. The summed E-state index contributed by atoms with van der Waals surface area (Å²) < 4.78 is 83.1. The summed E-state index contributed by atoms with van der Waals surface area (Å²) >= 11 is 0. The molecule has 0 saturated heterocycles. The van der Waals surface area contributed by atoms with Gasteiger partial charge in [-0.2, -0.15) is 18.2 Å². The summed E-state index contributed by atoms with van der Waals surface area (Å²) in [6, 6.07) is 6.12. The van der Waals surface area contributed by atoms with E-state index in [0.717, 1.165) is 18.6 Å². The number of alkyl halides is 3. The van der Waals surface area contributed by atoms with Crippen LogP contribution in [0.5, 0.6) is 5.88 Å². The third-order valence-electron chi connectivity index (χ3n) is 3.73. The van der Waals surface area contributed by atoms with Crippen LogP contribution >= 0.6 is 0 Å². The summed E-state index contributed by atoms with van der Waals surface area (Å²) in [6.07, 6.45) is -1.66. The van der Waals surface area contributed by atoms with E-state index in [1.165, 1.54) is 19.2 Å². The molecule has 0 radical (unpaired) electrons. The first-order valence-corrected chi connectivity index (χ1v) is 10.6. The number of nitrogens with one attached hydrogen (secondary N) is 3. The van der Waals surface area contributed by atoms with Crippen LogP contribution in [0.3, 0.4) is 0 Å². The molecule has 0 aliphatic rings. The molecule has 0 fully saturated rings. The van der Waals surface area contributed by atoms with Crippen LogP contribution in [0, 0.1) is 5.82 Å². The molecule has 0 amide bonds. The van der Waals surface area contributed by atoms with Crippen molar-refractivity contribution in [1.82, 2.24) is 19.7 Å². The molecule has 172 valence electrons. The van der Waals surface area contributed by atoms with Gasteiger partial charge in [0.1, 0.15) is 12.2 Å². The van der Waals surface area contributed by atoms with Crippen molar-refractivity contribution in [2.24, 2.45) is 0 Å². The number of rotatable bonds is 8. The highest BCUT2D eigenvalue weighted by molar-refractivity contribution is 7.92. The molecule has 3 rings (SSSR count). The largest absolute Gasteiger partial charge is 0.478 e. The molecule has 15 heteroatoms. The fraction of sp³-hybridized carbons (Fsp3) is 0.235. The molecule has 0 aliphatic heterocycles. The SMILES string of the molecule is COc1nn(CC(F)(F)F)cc1Nc1ncc(F)c(Nc2ccccc2NS(C)(=O)=O)n1. The molecule has 0 bridgehead atoms. The van der Waals surface area contributed by atoms with Gasteiger partial charge in [0.15, 0.2) is 11.6 Å². The number of aromatic nitrogens is 4. The second kappa shape index (κ2) is 8.86. The summed E-state index contributed by atoms with van der Waals surface area (Å²) in [5.41, 5.74) is 0.378. The summed E-state index contributed by atoms with van der Waals surface area (Å²) in [5, 5.41) is 8.95. The average Bonchev–Trinajstić information content (AvgIpc) is 3.04. The van der Waals surface area contributed by atoms with Crippen LogP contribution in [0.4, 0.5) is 46.4 Å². The summed E-state index contributed by atoms with van der Waals surface area (Å²) in [7, 11) is -2.38. The summed E-state index contributed by atoms with van der Waals surface area (Å²) in [6.45, 7) is -1.34. The molecule has 10 nitrogen and oxygen atoms in total. The maximum Gasteiger partial charge on any atom is 0.408 e. The zero-order chi connectivity index (χ0) is 23.5. The molecule has 3 N–H and O–H groups in total. The number of benzene rings is 1. The first-order valence-electron chi connectivity index (χ1n) is 8.75. The Morgan fingerprint density at radius 3 is 2.44 bits per heavy atom. The molecule has 0 spiro atoms. The van der Waals surface area contributed by atoms with Gasteiger partial charge in [-0.3, -0.25) is 9.40 Å². The second-order valence-electron chi connectivity index (χ2n) is 6.42. The van der Waals surface area contributed by atoms with Gasteiger partial charge < -0.3 is 15.4 Å². The van der Waals surface area contributed by atoms with Crippen LogP contribution < -0.4 is 20.1 Å². The van der Waals surface area contributed by atoms with Crippen LogP contribution in [0.1, 0.15) is 0 Å². The Labute approximate surface area is 179 Å². The number of ether oxygens (including phenoxy) is 1. The molecule has 2 heterocycles. The first-order chi connectivity index (χ1) is 14.9. The Hall–Kier alpha value is -3.62. The highest BCUT2D eigenvalue weighted by Crippen LogP contribution is 2.29. The topological polar surface area (TPSA) is 123 Å². The van der Waals surface area contributed by atoms with Gasteiger partial charge in [0.2, 0.25) is 16.0 Å². The second-order valence-corrected chi connectivity index (χ2v) is 8.17. The van der Waals surface area contributed by atoms with E-state index in [1.54, 1.807) is 12.1 Å². The van der Waals surface area contributed by atoms with Crippen molar-refractivity contribution in [1.29, 1.82) is 0 Å². The Morgan fingerprint density at radius 2 is 1.81 bits per heavy atom. The van der Waals surface area contributed by atoms with E-state index >= 15 is 0 Å². The number of hydrogen-bond donors (Lipinski definition) is 3. The number of nitrogens with zero attached hydrogens (tertiary/aromatic N) is 4. The Morgan fingerprint density at radius 1 is 1.12 bits per heavy atom. The minimum atomic E-state index is -4.49. The maximum atomic E-state index is 14.3. The van der Waals surface area contributed by atoms with Crippen LogP contribution in [0.2, 0.25) is 0 Å². The van der Waals surface area contributed by atoms with Crippen molar-refractivity contribution in [2.75, 3.05) is 28.7 Å². The standard InChI is InChI=1S/C17H17F4N7O3S/c1-31-15-13(8-28(26-15)9-17(19,20)21)24-16-22-7-10(18)14(25-16)23-11-5-3-4-6-12(11)27-32(2,29)30/h3-8,27H,9H2,1-2H3,(H2,22,23,24,25). The van der Waals surface area contributed by atoms with E-state index in [1.807, 2.05) is 0 Å². The van der Waals surface area contributed by atoms with E-state index in [0.29, 0.717) is 4.68 Å². The van der Waals surface area contributed by atoms with Gasteiger partial charge in [-0.25, -0.2) is 17.8 Å². The first kappa shape index (κ1) is 23.1. The van der Waals surface area contributed by atoms with Crippen LogP contribution in [0.15, 0.2) is 36.7 Å². The van der Waals surface area contributed by atoms with Crippen molar-refractivity contribution < 1.29 is 30.7 Å². The van der Waals surface area contributed by atoms with Gasteiger partial charge in [0.05, 0.1) is 37.1 Å². The third kappa shape index (κ3) is 6.19. The van der Waals surface area contributed by atoms with Gasteiger partial charge in [-0.1, -0.05) is 12.1 Å². The van der Waals surface area contributed by atoms with E-state index < -0.39 is 28.6 Å². The van der Waals surface area contributed by atoms with Crippen LogP contribution in [-0.2, 0) is 16.6 Å². The molecule has 3 aromatic rings. The average molecular weight is 475 g/mol. The number of anilines is 5. The Bertz CT molecular complexity index is 1220. The number of sulfonamides is 1. The Balaban J connectivity index is 1.87. The van der Waals surface area contributed by atoms with Crippen molar-refractivity contribution in [2.45, 2.75) is 12.7 Å². The van der Waals surface area contributed by atoms with Gasteiger partial charge in [0, 0.05) is 0 Å². The lowest BCUT2D eigenvalue weighted by Gasteiger charge is -2.13. The van der Waals surface area contributed by atoms with E-state index in [2.05, 4.69) is 30.4 Å². The van der Waals surface area contributed by atoms with E-state index in [9.17, 15) is 26.0 Å². The van der Waals surface area contributed by atoms with Crippen molar-refractivity contribution in [3.63, 3.8) is 0 Å². The van der Waals surface area contributed by atoms with Crippen molar-refractivity contribution in [3.05, 3.63) is 42.5 Å². The fourth-order valence-corrected chi connectivity index (χ4v) is 3.13. The lowest BCUT2D eigenvalue weighted by molar-refractivity contribution is -0.142. The molecular weight excluding hydrogens is 458 g/mol. The predicted octanol–water partition coefficient (Wildman–Crippen LogP) is 3.24. The summed E-state index contributed by atoms with van der Waals surface area (Å²) in [4.78, 5) is 7.71. The minimum Gasteiger partial charge on any atom is -0.478 e. The van der Waals surface area contributed by atoms with Crippen LogP contribution in [-0.4, -0.2) is 47.7 Å². The molecule has 32 heavy (non-hydrogen) atoms. The minimum absolute atomic E-state index is 0.0217. The quantitative estimate of drug-likeness (QED) is 0.425. The van der Waals surface area contributed by atoms with E-state index in [4.69, 9.17) is 4.74 Å². The Kier molecular flexibility index (Phi) is 6.38. The molecule has 0 unspecified atom stereocenters. The highest BCUT2D eigenvalue weighted by atomic mass is 32.2. The third-order valence-corrected chi connectivity index (χ3v) is 4.32. The maximum absolute atomic E-state index is 14.3. The molecular formula is C17H17F4N7O3S. The van der Waals surface area contributed by atoms with Gasteiger partial charge in [-0.05, 0) is 12.1 Å². The van der Waals surface area contributed by atoms with Crippen LogP contribution in [0.25, 0.3) is 0 Å². The number of hydrogen-bond acceptors (Lipinski definition) is 8. The normalized spacial score (nSPS) is 11.8. The number of methoxy groups -OCH3 is 1. The van der Waals surface area contributed by atoms with Gasteiger partial charge in [0.25, 0.3) is 5.88 Å². The van der Waals surface area contributed by atoms with Crippen molar-refractivity contribution in [3.8, 4) is 5.88 Å². The lowest BCUT2D eigenvalue weighted by Crippen LogP contribution is -2.17. The van der Waals surface area contributed by atoms with Crippen molar-refractivity contribution >= 4 is 38.9 Å². The number of halogens is 4. The van der Waals surface area contributed by atoms with E-state index in [-0.39, 0.29) is 34.7 Å². The monoisotopic (exact) mass is 475 g/mol. The predicted molar refractivity (Wildman–Crippen MR) is 108 cm³/mol. The highest BCUT2D eigenvalue weighted by Gasteiger charge is 2.29.